The molecule has 0 spiro atoms. The van der Waals surface area contributed by atoms with E-state index in [2.05, 4.69) is 12.2 Å². The molecule has 1 atom stereocenters. The molecule has 108 valence electrons. The van der Waals surface area contributed by atoms with Gasteiger partial charge in [0, 0.05) is 29.8 Å². The Morgan fingerprint density at radius 3 is 2.74 bits per heavy atom. The van der Waals surface area contributed by atoms with E-state index < -0.39 is 0 Å². The standard InChI is InChI=1S/C15H23ClFNO/c1-3-9-19-10-8-12(18-4-2)11-13-14(16)6-5-7-15(13)17/h5-7,12,18H,3-4,8-11H2,1-2H3. The molecule has 0 amide bonds. The Morgan fingerprint density at radius 2 is 2.11 bits per heavy atom. The molecule has 1 aromatic rings. The van der Waals surface area contributed by atoms with Gasteiger partial charge in [-0.25, -0.2) is 4.39 Å². The van der Waals surface area contributed by atoms with Crippen molar-refractivity contribution in [3.8, 4) is 0 Å². The summed E-state index contributed by atoms with van der Waals surface area (Å²) in [6, 6.07) is 5.01. The lowest BCUT2D eigenvalue weighted by Crippen LogP contribution is -2.32. The van der Waals surface area contributed by atoms with Crippen LogP contribution in [0.25, 0.3) is 0 Å². The van der Waals surface area contributed by atoms with E-state index in [0.717, 1.165) is 26.0 Å². The molecule has 0 aromatic heterocycles. The van der Waals surface area contributed by atoms with Crippen molar-refractivity contribution in [2.75, 3.05) is 19.8 Å². The molecule has 4 heteroatoms. The average molecular weight is 288 g/mol. The number of nitrogens with one attached hydrogen (secondary N) is 1. The number of rotatable bonds is 9. The Bertz CT molecular complexity index is 353. The second-order valence-electron chi connectivity index (χ2n) is 4.56. The Labute approximate surface area is 120 Å². The lowest BCUT2D eigenvalue weighted by molar-refractivity contribution is 0.124. The first-order valence-corrected chi connectivity index (χ1v) is 7.30. The largest absolute Gasteiger partial charge is 0.381 e. The highest BCUT2D eigenvalue weighted by molar-refractivity contribution is 6.31. The summed E-state index contributed by atoms with van der Waals surface area (Å²) in [7, 11) is 0. The molecule has 0 saturated carbocycles. The smallest absolute Gasteiger partial charge is 0.127 e. The zero-order valence-electron chi connectivity index (χ0n) is 11.7. The van der Waals surface area contributed by atoms with Gasteiger partial charge >= 0.3 is 0 Å². The molecular weight excluding hydrogens is 265 g/mol. The van der Waals surface area contributed by atoms with Crippen LogP contribution in [0.15, 0.2) is 18.2 Å². The van der Waals surface area contributed by atoms with Gasteiger partial charge in [-0.15, -0.1) is 0 Å². The SMILES string of the molecule is CCCOCCC(Cc1c(F)cccc1Cl)NCC. The first-order valence-electron chi connectivity index (χ1n) is 6.93. The fourth-order valence-electron chi connectivity index (χ4n) is 2.01. The summed E-state index contributed by atoms with van der Waals surface area (Å²) in [6.07, 6.45) is 2.47. The third-order valence-electron chi connectivity index (χ3n) is 2.96. The van der Waals surface area contributed by atoms with Crippen LogP contribution in [0.1, 0.15) is 32.3 Å². The minimum atomic E-state index is -0.232. The molecule has 1 unspecified atom stereocenters. The average Bonchev–Trinajstić information content (AvgIpc) is 2.39. The normalized spacial score (nSPS) is 12.6. The number of ether oxygens (including phenoxy) is 1. The van der Waals surface area contributed by atoms with Crippen molar-refractivity contribution in [3.63, 3.8) is 0 Å². The number of halogens is 2. The van der Waals surface area contributed by atoms with E-state index in [1.807, 2.05) is 6.92 Å². The van der Waals surface area contributed by atoms with Crippen LogP contribution >= 0.6 is 11.6 Å². The Balaban J connectivity index is 2.57. The van der Waals surface area contributed by atoms with Gasteiger partial charge in [0.25, 0.3) is 0 Å². The van der Waals surface area contributed by atoms with Crippen LogP contribution in [0, 0.1) is 5.82 Å². The molecule has 1 rings (SSSR count). The summed E-state index contributed by atoms with van der Waals surface area (Å²) in [4.78, 5) is 0. The van der Waals surface area contributed by atoms with Gasteiger partial charge < -0.3 is 10.1 Å². The fraction of sp³-hybridized carbons (Fsp3) is 0.600. The maximum absolute atomic E-state index is 13.8. The van der Waals surface area contributed by atoms with E-state index in [1.54, 1.807) is 12.1 Å². The minimum Gasteiger partial charge on any atom is -0.381 e. The predicted octanol–water partition coefficient (Wildman–Crippen LogP) is 3.82. The highest BCUT2D eigenvalue weighted by Gasteiger charge is 2.14. The van der Waals surface area contributed by atoms with E-state index in [-0.39, 0.29) is 11.9 Å². The summed E-state index contributed by atoms with van der Waals surface area (Å²) >= 11 is 6.06. The number of hydrogen-bond acceptors (Lipinski definition) is 2. The predicted molar refractivity (Wildman–Crippen MR) is 78.3 cm³/mol. The Kier molecular flexibility index (Phi) is 8.03. The first-order chi connectivity index (χ1) is 9.19. The highest BCUT2D eigenvalue weighted by Crippen LogP contribution is 2.21. The van der Waals surface area contributed by atoms with Crippen molar-refractivity contribution < 1.29 is 9.13 Å². The second kappa shape index (κ2) is 9.29. The minimum absolute atomic E-state index is 0.191. The molecule has 0 bridgehead atoms. The quantitative estimate of drug-likeness (QED) is 0.697. The number of likely N-dealkylation sites (N-methyl/N-ethyl adjacent to an activating group) is 1. The molecule has 2 nitrogen and oxygen atoms in total. The van der Waals surface area contributed by atoms with E-state index in [9.17, 15) is 4.39 Å². The molecule has 0 radical (unpaired) electrons. The topological polar surface area (TPSA) is 21.3 Å². The van der Waals surface area contributed by atoms with Crippen molar-refractivity contribution in [2.45, 2.75) is 39.2 Å². The van der Waals surface area contributed by atoms with Crippen molar-refractivity contribution in [1.82, 2.24) is 5.32 Å². The Morgan fingerprint density at radius 1 is 1.32 bits per heavy atom. The molecule has 0 aliphatic carbocycles. The molecule has 0 aliphatic heterocycles. The van der Waals surface area contributed by atoms with E-state index >= 15 is 0 Å². The number of hydrogen-bond donors (Lipinski definition) is 1. The molecular formula is C15H23ClFNO. The van der Waals surface area contributed by atoms with Crippen LogP contribution in [0.3, 0.4) is 0 Å². The monoisotopic (exact) mass is 287 g/mol. The number of benzene rings is 1. The lowest BCUT2D eigenvalue weighted by Gasteiger charge is -2.19. The van der Waals surface area contributed by atoms with Gasteiger partial charge in [0.1, 0.15) is 5.82 Å². The molecule has 0 fully saturated rings. The van der Waals surface area contributed by atoms with Crippen molar-refractivity contribution in [3.05, 3.63) is 34.6 Å². The van der Waals surface area contributed by atoms with Crippen LogP contribution in [-0.4, -0.2) is 25.8 Å². The lowest BCUT2D eigenvalue weighted by atomic mass is 10.0. The van der Waals surface area contributed by atoms with Gasteiger partial charge in [0.2, 0.25) is 0 Å². The summed E-state index contributed by atoms with van der Waals surface area (Å²) in [5.41, 5.74) is 0.589. The van der Waals surface area contributed by atoms with E-state index in [0.29, 0.717) is 23.6 Å². The van der Waals surface area contributed by atoms with Gasteiger partial charge in [-0.2, -0.15) is 0 Å². The van der Waals surface area contributed by atoms with Crippen molar-refractivity contribution in [1.29, 1.82) is 0 Å². The molecule has 1 N–H and O–H groups in total. The molecule has 1 aromatic carbocycles. The van der Waals surface area contributed by atoms with Gasteiger partial charge in [-0.05, 0) is 37.9 Å². The van der Waals surface area contributed by atoms with Crippen LogP contribution in [-0.2, 0) is 11.2 Å². The van der Waals surface area contributed by atoms with Crippen LogP contribution in [0.2, 0.25) is 5.02 Å². The maximum atomic E-state index is 13.8. The highest BCUT2D eigenvalue weighted by atomic mass is 35.5. The molecule has 19 heavy (non-hydrogen) atoms. The summed E-state index contributed by atoms with van der Waals surface area (Å²) < 4.78 is 19.2. The van der Waals surface area contributed by atoms with Gasteiger partial charge in [0.05, 0.1) is 0 Å². The second-order valence-corrected chi connectivity index (χ2v) is 4.97. The third-order valence-corrected chi connectivity index (χ3v) is 3.32. The first kappa shape index (κ1) is 16.4. The van der Waals surface area contributed by atoms with E-state index in [1.165, 1.54) is 6.07 Å². The van der Waals surface area contributed by atoms with Gasteiger partial charge in [-0.3, -0.25) is 0 Å². The molecule has 0 heterocycles. The van der Waals surface area contributed by atoms with Gasteiger partial charge in [-0.1, -0.05) is 31.5 Å². The molecule has 0 saturated heterocycles. The summed E-state index contributed by atoms with van der Waals surface area (Å²) in [5, 5.41) is 3.85. The van der Waals surface area contributed by atoms with Crippen molar-refractivity contribution >= 4 is 11.6 Å². The zero-order valence-corrected chi connectivity index (χ0v) is 12.5. The van der Waals surface area contributed by atoms with Crippen LogP contribution in [0.4, 0.5) is 4.39 Å². The summed E-state index contributed by atoms with van der Waals surface area (Å²) in [5.74, 6) is -0.232. The molecule has 0 aliphatic rings. The van der Waals surface area contributed by atoms with Crippen LogP contribution in [0.5, 0.6) is 0 Å². The fourth-order valence-corrected chi connectivity index (χ4v) is 2.25. The van der Waals surface area contributed by atoms with Gasteiger partial charge in [0.15, 0.2) is 0 Å². The van der Waals surface area contributed by atoms with Crippen molar-refractivity contribution in [2.24, 2.45) is 0 Å². The Hall–Kier alpha value is -0.640. The van der Waals surface area contributed by atoms with E-state index in [4.69, 9.17) is 16.3 Å². The third kappa shape index (κ3) is 5.89. The zero-order chi connectivity index (χ0) is 14.1. The summed E-state index contributed by atoms with van der Waals surface area (Å²) in [6.45, 7) is 6.45. The maximum Gasteiger partial charge on any atom is 0.127 e. The van der Waals surface area contributed by atoms with Crippen LogP contribution < -0.4 is 5.32 Å².